The molecule has 1 amide bonds. The number of piperazine rings is 1. The van der Waals surface area contributed by atoms with Gasteiger partial charge in [-0.2, -0.15) is 0 Å². The van der Waals surface area contributed by atoms with E-state index in [0.717, 1.165) is 41.2 Å². The van der Waals surface area contributed by atoms with Crippen LogP contribution in [0, 0.1) is 0 Å². The molecule has 4 heterocycles. The molecule has 0 spiro atoms. The first-order chi connectivity index (χ1) is 12.5. The molecule has 1 saturated heterocycles. The molecule has 3 aromatic rings. The van der Waals surface area contributed by atoms with Gasteiger partial charge < -0.3 is 14.8 Å². The molecule has 4 rings (SSSR count). The van der Waals surface area contributed by atoms with Crippen LogP contribution in [0.1, 0.15) is 20.8 Å². The molecular formula is C19H22N6O. The Balaban J connectivity index is 1.65. The lowest BCUT2D eigenvalue weighted by Crippen LogP contribution is -2.58. The molecule has 0 bridgehead atoms. The van der Waals surface area contributed by atoms with Crippen LogP contribution in [0.5, 0.6) is 0 Å². The Morgan fingerprint density at radius 2 is 2.00 bits per heavy atom. The van der Waals surface area contributed by atoms with E-state index in [9.17, 15) is 4.79 Å². The zero-order valence-corrected chi connectivity index (χ0v) is 15.2. The first-order valence-electron chi connectivity index (χ1n) is 8.83. The Kier molecular flexibility index (Phi) is 4.06. The summed E-state index contributed by atoms with van der Waals surface area (Å²) in [7, 11) is 0. The summed E-state index contributed by atoms with van der Waals surface area (Å²) in [5.74, 6) is 1.06. The average molecular weight is 350 g/mol. The normalized spacial score (nSPS) is 20.6. The van der Waals surface area contributed by atoms with Crippen LogP contribution in [-0.2, 0) is 4.79 Å². The lowest BCUT2D eigenvalue weighted by atomic mass is 10.1. The fraction of sp³-hybridized carbons (Fsp3) is 0.368. The van der Waals surface area contributed by atoms with Gasteiger partial charge in [0.1, 0.15) is 17.8 Å². The molecule has 3 aromatic heterocycles. The van der Waals surface area contributed by atoms with Crippen molar-refractivity contribution in [2.24, 2.45) is 0 Å². The van der Waals surface area contributed by atoms with E-state index in [1.807, 2.05) is 29.3 Å². The highest BCUT2D eigenvalue weighted by molar-refractivity contribution is 5.91. The smallest absolute Gasteiger partial charge is 0.220 e. The summed E-state index contributed by atoms with van der Waals surface area (Å²) in [4.78, 5) is 32.5. The molecule has 0 aliphatic carbocycles. The summed E-state index contributed by atoms with van der Waals surface area (Å²) in [5, 5.41) is 0.959. The number of aromatic nitrogens is 4. The summed E-state index contributed by atoms with van der Waals surface area (Å²) < 4.78 is 0. The van der Waals surface area contributed by atoms with E-state index < -0.39 is 0 Å². The molecule has 7 heteroatoms. The summed E-state index contributed by atoms with van der Waals surface area (Å²) in [5.41, 5.74) is 2.68. The molecule has 7 nitrogen and oxygen atoms in total. The predicted molar refractivity (Wildman–Crippen MR) is 101 cm³/mol. The van der Waals surface area contributed by atoms with Gasteiger partial charge in [-0.25, -0.2) is 15.0 Å². The second-order valence-corrected chi connectivity index (χ2v) is 6.90. The number of nitrogens with one attached hydrogen (secondary N) is 1. The quantitative estimate of drug-likeness (QED) is 0.768. The topological polar surface area (TPSA) is 78.0 Å². The van der Waals surface area contributed by atoms with Crippen molar-refractivity contribution in [3.63, 3.8) is 0 Å². The average Bonchev–Trinajstić information content (AvgIpc) is 3.05. The summed E-state index contributed by atoms with van der Waals surface area (Å²) in [6.45, 7) is 7.37. The predicted octanol–water partition coefficient (Wildman–Crippen LogP) is 2.47. The van der Waals surface area contributed by atoms with Crippen LogP contribution in [0.4, 0.5) is 5.82 Å². The monoisotopic (exact) mass is 350 g/mol. The highest BCUT2D eigenvalue weighted by Crippen LogP contribution is 2.28. The van der Waals surface area contributed by atoms with Crippen LogP contribution in [0.2, 0.25) is 0 Å². The minimum atomic E-state index is 0.130. The van der Waals surface area contributed by atoms with Gasteiger partial charge in [-0.1, -0.05) is 6.07 Å². The maximum Gasteiger partial charge on any atom is 0.220 e. The summed E-state index contributed by atoms with van der Waals surface area (Å²) >= 11 is 0. The Hall–Kier alpha value is -2.96. The van der Waals surface area contributed by atoms with Crippen LogP contribution in [0.15, 0.2) is 36.9 Å². The van der Waals surface area contributed by atoms with Crippen molar-refractivity contribution >= 4 is 22.8 Å². The van der Waals surface area contributed by atoms with Crippen molar-refractivity contribution in [2.45, 2.75) is 32.9 Å². The van der Waals surface area contributed by atoms with E-state index >= 15 is 0 Å². The van der Waals surface area contributed by atoms with Gasteiger partial charge in [-0.05, 0) is 26.0 Å². The standard InChI is InChI=1S/C19H22N6O/c1-12-9-24(10-13(2)25(12)14(3)26)18-6-4-5-17(23-18)15-8-21-19-16(15)7-20-11-22-19/h4-8,11-13H,9-10H2,1-3H3,(H,20,21,22)/t12-,13+. The molecule has 0 unspecified atom stereocenters. The lowest BCUT2D eigenvalue weighted by molar-refractivity contribution is -0.133. The molecule has 1 fully saturated rings. The van der Waals surface area contributed by atoms with Gasteiger partial charge in [0.05, 0.1) is 5.69 Å². The van der Waals surface area contributed by atoms with Crippen molar-refractivity contribution in [1.29, 1.82) is 0 Å². The van der Waals surface area contributed by atoms with Crippen molar-refractivity contribution in [3.8, 4) is 11.3 Å². The third-order valence-corrected chi connectivity index (χ3v) is 4.97. The van der Waals surface area contributed by atoms with E-state index in [1.165, 1.54) is 6.33 Å². The Labute approximate surface area is 152 Å². The number of rotatable bonds is 2. The number of hydrogen-bond acceptors (Lipinski definition) is 5. The van der Waals surface area contributed by atoms with Gasteiger partial charge in [0.15, 0.2) is 0 Å². The van der Waals surface area contributed by atoms with Crippen LogP contribution in [-0.4, -0.2) is 55.9 Å². The van der Waals surface area contributed by atoms with Crippen LogP contribution in [0.3, 0.4) is 0 Å². The van der Waals surface area contributed by atoms with Crippen LogP contribution >= 0.6 is 0 Å². The molecule has 0 saturated carbocycles. The van der Waals surface area contributed by atoms with Crippen molar-refractivity contribution in [1.82, 2.24) is 24.8 Å². The van der Waals surface area contributed by atoms with Crippen LogP contribution in [0.25, 0.3) is 22.3 Å². The first kappa shape index (κ1) is 16.5. The van der Waals surface area contributed by atoms with E-state index in [1.54, 1.807) is 13.1 Å². The SMILES string of the molecule is CC(=O)N1[C@H](C)CN(c2cccc(-c3c[nH]c4ncncc34)n2)C[C@@H]1C. The molecule has 0 radical (unpaired) electrons. The molecule has 26 heavy (non-hydrogen) atoms. The molecular weight excluding hydrogens is 328 g/mol. The van der Waals surface area contributed by atoms with E-state index in [4.69, 9.17) is 4.98 Å². The summed E-state index contributed by atoms with van der Waals surface area (Å²) in [6.07, 6.45) is 5.26. The molecule has 1 aliphatic heterocycles. The molecule has 134 valence electrons. The molecule has 1 aliphatic rings. The number of anilines is 1. The zero-order chi connectivity index (χ0) is 18.3. The lowest BCUT2D eigenvalue weighted by Gasteiger charge is -2.44. The fourth-order valence-corrected chi connectivity index (χ4v) is 3.95. The third kappa shape index (κ3) is 2.79. The number of fused-ring (bicyclic) bond motifs is 1. The van der Waals surface area contributed by atoms with Crippen molar-refractivity contribution in [3.05, 3.63) is 36.9 Å². The van der Waals surface area contributed by atoms with Gasteiger partial charge in [-0.3, -0.25) is 4.79 Å². The molecule has 1 N–H and O–H groups in total. The Morgan fingerprint density at radius 3 is 2.73 bits per heavy atom. The van der Waals surface area contributed by atoms with E-state index in [-0.39, 0.29) is 18.0 Å². The molecule has 2 atom stereocenters. The second-order valence-electron chi connectivity index (χ2n) is 6.90. The van der Waals surface area contributed by atoms with Gasteiger partial charge in [0.25, 0.3) is 0 Å². The number of pyridine rings is 1. The van der Waals surface area contributed by atoms with Gasteiger partial charge >= 0.3 is 0 Å². The zero-order valence-electron chi connectivity index (χ0n) is 15.2. The Bertz CT molecular complexity index is 940. The number of H-pyrrole nitrogens is 1. The third-order valence-electron chi connectivity index (χ3n) is 4.97. The van der Waals surface area contributed by atoms with Crippen LogP contribution < -0.4 is 4.90 Å². The van der Waals surface area contributed by atoms with Gasteiger partial charge in [0.2, 0.25) is 5.91 Å². The van der Waals surface area contributed by atoms with Crippen molar-refractivity contribution in [2.75, 3.05) is 18.0 Å². The number of aromatic amines is 1. The first-order valence-corrected chi connectivity index (χ1v) is 8.83. The fourth-order valence-electron chi connectivity index (χ4n) is 3.95. The summed E-state index contributed by atoms with van der Waals surface area (Å²) in [6, 6.07) is 6.36. The number of carbonyl (C=O) groups is 1. The highest BCUT2D eigenvalue weighted by Gasteiger charge is 2.31. The maximum atomic E-state index is 11.9. The number of carbonyl (C=O) groups excluding carboxylic acids is 1. The second kappa shape index (κ2) is 6.40. The van der Waals surface area contributed by atoms with E-state index in [0.29, 0.717) is 0 Å². The maximum absolute atomic E-state index is 11.9. The Morgan fingerprint density at radius 1 is 1.23 bits per heavy atom. The van der Waals surface area contributed by atoms with Gasteiger partial charge in [0, 0.05) is 55.4 Å². The minimum Gasteiger partial charge on any atom is -0.352 e. The van der Waals surface area contributed by atoms with E-state index in [2.05, 4.69) is 33.7 Å². The number of hydrogen-bond donors (Lipinski definition) is 1. The largest absolute Gasteiger partial charge is 0.352 e. The van der Waals surface area contributed by atoms with Gasteiger partial charge in [-0.15, -0.1) is 0 Å². The number of nitrogens with zero attached hydrogens (tertiary/aromatic N) is 5. The minimum absolute atomic E-state index is 0.130. The molecule has 0 aromatic carbocycles. The van der Waals surface area contributed by atoms with Crippen molar-refractivity contribution < 1.29 is 4.79 Å². The highest BCUT2D eigenvalue weighted by atomic mass is 16.2. The number of amides is 1.